The molecule has 0 aliphatic heterocycles. The Balaban J connectivity index is 2.09. The Bertz CT molecular complexity index is 1600. The number of sulfonamides is 1. The van der Waals surface area contributed by atoms with Gasteiger partial charge in [0.05, 0.1) is 11.4 Å². The van der Waals surface area contributed by atoms with Gasteiger partial charge in [0.2, 0.25) is 33.7 Å². The Morgan fingerprint density at radius 1 is 0.796 bits per heavy atom. The molecule has 0 unspecified atom stereocenters. The third-order valence-corrected chi connectivity index (χ3v) is 10.0. The number of carboxylic acids is 1. The van der Waals surface area contributed by atoms with Crippen LogP contribution in [0.3, 0.4) is 0 Å². The van der Waals surface area contributed by atoms with Crippen LogP contribution in [0.2, 0.25) is 0 Å². The van der Waals surface area contributed by atoms with Crippen LogP contribution in [0.5, 0.6) is 0 Å². The second-order valence-electron chi connectivity index (χ2n) is 12.3. The van der Waals surface area contributed by atoms with Gasteiger partial charge in [0.25, 0.3) is 0 Å². The quantitative estimate of drug-likeness (QED) is 0.0973. The predicted octanol–water partition coefficient (Wildman–Crippen LogP) is 1.16. The molecule has 0 spiro atoms. The first kappa shape index (κ1) is 41.6. The maximum Gasteiger partial charge on any atom is 0.326 e. The van der Waals surface area contributed by atoms with E-state index in [1.807, 2.05) is 38.9 Å². The summed E-state index contributed by atoms with van der Waals surface area (Å²) in [6.07, 6.45) is 0.671. The SMILES string of the molecule is CC[C@H](C)[C@H](NC(=O)[C@H](CS)NC(=O)[C@H](CS)NC(=O)CNS(=O)(=O)c1cccc2c(N(C)C)cccc12)C(=O)N[C@@H](CC(C)C)C(=O)O. The van der Waals surface area contributed by atoms with E-state index in [9.17, 15) is 37.5 Å². The van der Waals surface area contributed by atoms with Gasteiger partial charge in [-0.05, 0) is 30.4 Å². The summed E-state index contributed by atoms with van der Waals surface area (Å²) in [7, 11) is -0.464. The van der Waals surface area contributed by atoms with Crippen molar-refractivity contribution in [1.82, 2.24) is 26.0 Å². The van der Waals surface area contributed by atoms with E-state index in [1.54, 1.807) is 38.1 Å². The fourth-order valence-electron chi connectivity index (χ4n) is 4.94. The number of carboxylic acid groups (broad SMARTS) is 1. The van der Waals surface area contributed by atoms with Gasteiger partial charge in [-0.25, -0.2) is 17.9 Å². The monoisotopic (exact) mass is 740 g/mol. The summed E-state index contributed by atoms with van der Waals surface area (Å²) in [5.41, 5.74) is 0.815. The topological polar surface area (TPSA) is 203 Å². The number of thiol groups is 2. The summed E-state index contributed by atoms with van der Waals surface area (Å²) in [5, 5.41) is 20.7. The lowest BCUT2D eigenvalue weighted by Gasteiger charge is -2.28. The third kappa shape index (κ3) is 11.8. The molecule has 272 valence electrons. The number of aliphatic carboxylic acids is 1. The van der Waals surface area contributed by atoms with Crippen LogP contribution in [-0.4, -0.2) is 99.4 Å². The first-order chi connectivity index (χ1) is 23.0. The lowest BCUT2D eigenvalue weighted by molar-refractivity contribution is -0.143. The van der Waals surface area contributed by atoms with E-state index in [4.69, 9.17) is 0 Å². The van der Waals surface area contributed by atoms with Crippen LogP contribution in [0.15, 0.2) is 41.3 Å². The molecule has 2 rings (SSSR count). The molecule has 0 aliphatic carbocycles. The average molecular weight is 741 g/mol. The predicted molar refractivity (Wildman–Crippen MR) is 195 cm³/mol. The Hall–Kier alpha value is -3.54. The maximum atomic E-state index is 13.2. The van der Waals surface area contributed by atoms with E-state index in [0.29, 0.717) is 17.2 Å². The van der Waals surface area contributed by atoms with Crippen LogP contribution in [0, 0.1) is 11.8 Å². The molecule has 0 aromatic heterocycles. The third-order valence-electron chi connectivity index (χ3n) is 7.82. The average Bonchev–Trinajstić information content (AvgIpc) is 3.05. The summed E-state index contributed by atoms with van der Waals surface area (Å²) in [6, 6.07) is 5.36. The maximum absolute atomic E-state index is 13.2. The lowest BCUT2D eigenvalue weighted by atomic mass is 9.96. The molecule has 4 amide bonds. The van der Waals surface area contributed by atoms with Gasteiger partial charge < -0.3 is 31.3 Å². The number of anilines is 1. The Kier molecular flexibility index (Phi) is 16.2. The highest BCUT2D eigenvalue weighted by atomic mass is 32.2. The number of amides is 4. The molecule has 0 radical (unpaired) electrons. The van der Waals surface area contributed by atoms with Crippen LogP contribution in [-0.2, 0) is 34.0 Å². The molecule has 17 heteroatoms. The van der Waals surface area contributed by atoms with E-state index in [2.05, 4.69) is 51.2 Å². The molecule has 49 heavy (non-hydrogen) atoms. The van der Waals surface area contributed by atoms with Crippen molar-refractivity contribution in [1.29, 1.82) is 0 Å². The zero-order chi connectivity index (χ0) is 37.1. The number of carbonyl (C=O) groups excluding carboxylic acids is 4. The summed E-state index contributed by atoms with van der Waals surface area (Å²) in [4.78, 5) is 65.7. The van der Waals surface area contributed by atoms with Crippen LogP contribution < -0.4 is 30.9 Å². The van der Waals surface area contributed by atoms with Crippen molar-refractivity contribution >= 4 is 81.3 Å². The Morgan fingerprint density at radius 3 is 1.90 bits per heavy atom. The van der Waals surface area contributed by atoms with Crippen molar-refractivity contribution in [3.63, 3.8) is 0 Å². The van der Waals surface area contributed by atoms with Gasteiger partial charge in [-0.2, -0.15) is 25.3 Å². The molecule has 6 N–H and O–H groups in total. The number of hydrogen-bond donors (Lipinski definition) is 8. The smallest absolute Gasteiger partial charge is 0.326 e. The molecule has 14 nitrogen and oxygen atoms in total. The molecular formula is C32H48N6O8S3. The molecular weight excluding hydrogens is 693 g/mol. The van der Waals surface area contributed by atoms with Crippen molar-refractivity contribution in [2.24, 2.45) is 11.8 Å². The first-order valence-corrected chi connectivity index (χ1v) is 18.6. The molecule has 0 bridgehead atoms. The van der Waals surface area contributed by atoms with Gasteiger partial charge in [0, 0.05) is 42.1 Å². The number of nitrogens with zero attached hydrogens (tertiary/aromatic N) is 1. The number of nitrogens with one attached hydrogen (secondary N) is 5. The van der Waals surface area contributed by atoms with Gasteiger partial charge in [-0.3, -0.25) is 19.2 Å². The van der Waals surface area contributed by atoms with Crippen LogP contribution >= 0.6 is 25.3 Å². The van der Waals surface area contributed by atoms with Gasteiger partial charge in [-0.1, -0.05) is 58.4 Å². The van der Waals surface area contributed by atoms with Crippen LogP contribution in [0.4, 0.5) is 5.69 Å². The summed E-state index contributed by atoms with van der Waals surface area (Å²) in [5.74, 6) is -4.99. The van der Waals surface area contributed by atoms with Crippen molar-refractivity contribution in [3.05, 3.63) is 36.4 Å². The summed E-state index contributed by atoms with van der Waals surface area (Å²) < 4.78 is 28.7. The van der Waals surface area contributed by atoms with E-state index in [0.717, 1.165) is 5.69 Å². The van der Waals surface area contributed by atoms with E-state index in [1.165, 1.54) is 6.07 Å². The van der Waals surface area contributed by atoms with E-state index >= 15 is 0 Å². The number of benzene rings is 2. The highest BCUT2D eigenvalue weighted by Crippen LogP contribution is 2.30. The van der Waals surface area contributed by atoms with Gasteiger partial charge in [0.15, 0.2) is 0 Å². The molecule has 0 aliphatic rings. The molecule has 2 aromatic carbocycles. The minimum absolute atomic E-state index is 0.0110. The zero-order valence-electron chi connectivity index (χ0n) is 28.5. The van der Waals surface area contributed by atoms with Crippen molar-refractivity contribution in [2.75, 3.05) is 37.0 Å². The van der Waals surface area contributed by atoms with Gasteiger partial charge in [-0.15, -0.1) is 0 Å². The summed E-state index contributed by atoms with van der Waals surface area (Å²) in [6.45, 7) is 6.49. The molecule has 2 aromatic rings. The standard InChI is InChI=1S/C32H48N6O8S3/c1-7-19(4)28(31(42)35-22(32(43)44)14-18(2)3)37-30(41)24(17-48)36-29(40)23(16-47)34-27(39)15-33-49(45,46)26-13-9-10-20-21(26)11-8-12-25(20)38(5)6/h8-13,18-19,22-24,28,33,47-48H,7,14-17H2,1-6H3,(H,34,39)(H,35,42)(H,36,40)(H,37,41)(H,43,44)/t19-,22-,23-,24-,28-/m0/s1. The zero-order valence-corrected chi connectivity index (χ0v) is 31.1. The molecule has 5 atom stereocenters. The second-order valence-corrected chi connectivity index (χ2v) is 14.8. The number of fused-ring (bicyclic) bond motifs is 1. The molecule has 0 saturated carbocycles. The molecule has 0 fully saturated rings. The highest BCUT2D eigenvalue weighted by molar-refractivity contribution is 7.89. The minimum atomic E-state index is -4.15. The van der Waals surface area contributed by atoms with Crippen molar-refractivity contribution < 1.29 is 37.5 Å². The molecule has 0 heterocycles. The highest BCUT2D eigenvalue weighted by Gasteiger charge is 2.33. The Morgan fingerprint density at radius 2 is 1.35 bits per heavy atom. The first-order valence-electron chi connectivity index (χ1n) is 15.8. The number of carbonyl (C=O) groups is 5. The van der Waals surface area contributed by atoms with Crippen molar-refractivity contribution in [3.8, 4) is 0 Å². The number of rotatable bonds is 19. The van der Waals surface area contributed by atoms with Crippen LogP contribution in [0.25, 0.3) is 10.8 Å². The van der Waals surface area contributed by atoms with Gasteiger partial charge in [0.1, 0.15) is 24.2 Å². The largest absolute Gasteiger partial charge is 0.480 e. The van der Waals surface area contributed by atoms with E-state index in [-0.39, 0.29) is 34.7 Å². The normalized spacial score (nSPS) is 14.6. The summed E-state index contributed by atoms with van der Waals surface area (Å²) >= 11 is 8.31. The second kappa shape index (κ2) is 19.0. The van der Waals surface area contributed by atoms with Gasteiger partial charge >= 0.3 is 5.97 Å². The van der Waals surface area contributed by atoms with E-state index < -0.39 is 70.3 Å². The fourth-order valence-corrected chi connectivity index (χ4v) is 6.66. The minimum Gasteiger partial charge on any atom is -0.480 e. The number of hydrogen-bond acceptors (Lipinski definition) is 10. The lowest BCUT2D eigenvalue weighted by Crippen LogP contribution is -2.60. The molecule has 0 saturated heterocycles. The van der Waals surface area contributed by atoms with Crippen molar-refractivity contribution in [2.45, 2.75) is 69.6 Å². The fraction of sp³-hybridized carbons (Fsp3) is 0.531. The Labute approximate surface area is 298 Å². The van der Waals surface area contributed by atoms with Crippen LogP contribution in [0.1, 0.15) is 40.5 Å².